The Bertz CT molecular complexity index is 1810. The molecule has 1 atom stereocenters. The third-order valence-corrected chi connectivity index (χ3v) is 10.5. The van der Waals surface area contributed by atoms with Gasteiger partial charge in [-0.2, -0.15) is 0 Å². The highest BCUT2D eigenvalue weighted by Gasteiger charge is 2.44. The molecule has 242 valence electrons. The van der Waals surface area contributed by atoms with E-state index in [1.165, 1.54) is 18.3 Å². The Hall–Kier alpha value is -3.81. The maximum absolute atomic E-state index is 15.9. The zero-order chi connectivity index (χ0) is 32.2. The Kier molecular flexibility index (Phi) is 7.89. The van der Waals surface area contributed by atoms with E-state index in [1.807, 2.05) is 31.2 Å². The van der Waals surface area contributed by atoms with E-state index in [9.17, 15) is 22.2 Å². The van der Waals surface area contributed by atoms with Gasteiger partial charge in [0.2, 0.25) is 0 Å². The highest BCUT2D eigenvalue weighted by Crippen LogP contribution is 2.44. The van der Waals surface area contributed by atoms with Crippen molar-refractivity contribution in [1.29, 1.82) is 0 Å². The molecule has 46 heavy (non-hydrogen) atoms. The van der Waals surface area contributed by atoms with Gasteiger partial charge in [0.25, 0.3) is 5.91 Å². The zero-order valence-corrected chi connectivity index (χ0v) is 25.8. The van der Waals surface area contributed by atoms with E-state index < -0.39 is 34.7 Å². The molecule has 4 aromatic rings. The van der Waals surface area contributed by atoms with E-state index in [1.54, 1.807) is 8.87 Å². The maximum Gasteiger partial charge on any atom is 0.573 e. The Morgan fingerprint density at radius 3 is 2.37 bits per heavy atom. The molecule has 2 fully saturated rings. The van der Waals surface area contributed by atoms with Gasteiger partial charge in [-0.1, -0.05) is 17.7 Å². The van der Waals surface area contributed by atoms with Crippen LogP contribution in [0.15, 0.2) is 59.6 Å². The summed E-state index contributed by atoms with van der Waals surface area (Å²) >= 11 is 0. The topological polar surface area (TPSA) is 82.9 Å². The number of carbonyl (C=O) groups excluding carboxylic acids is 1. The number of ether oxygens (including phenoxy) is 3. The Morgan fingerprint density at radius 2 is 1.72 bits per heavy atom. The van der Waals surface area contributed by atoms with Gasteiger partial charge in [-0.05, 0) is 74.1 Å². The fourth-order valence-corrected chi connectivity index (χ4v) is 8.13. The van der Waals surface area contributed by atoms with Crippen LogP contribution in [-0.4, -0.2) is 62.4 Å². The van der Waals surface area contributed by atoms with E-state index in [4.69, 9.17) is 9.47 Å². The van der Waals surface area contributed by atoms with Crippen molar-refractivity contribution in [2.24, 2.45) is 0 Å². The van der Waals surface area contributed by atoms with Gasteiger partial charge in [-0.25, -0.2) is 17.6 Å². The summed E-state index contributed by atoms with van der Waals surface area (Å²) in [6.07, 6.45) is -1.23. The van der Waals surface area contributed by atoms with Gasteiger partial charge in [-0.3, -0.25) is 4.79 Å². The summed E-state index contributed by atoms with van der Waals surface area (Å²) in [5.74, 6) is -2.24. The van der Waals surface area contributed by atoms with Crippen LogP contribution in [0.1, 0.15) is 57.9 Å². The molecule has 0 saturated carbocycles. The van der Waals surface area contributed by atoms with Gasteiger partial charge in [-0.15, -0.1) is 13.2 Å². The number of alkyl halides is 3. The van der Waals surface area contributed by atoms with Gasteiger partial charge in [0.1, 0.15) is 11.6 Å². The number of hydrogen-bond acceptors (Lipinski definition) is 6. The number of pyridine rings is 1. The first-order valence-electron chi connectivity index (χ1n) is 15.1. The quantitative estimate of drug-likeness (QED) is 0.238. The first-order chi connectivity index (χ1) is 22.0. The fraction of sp³-hybridized carbons (Fsp3) is 0.394. The van der Waals surface area contributed by atoms with Crippen LogP contribution in [0.25, 0.3) is 11.0 Å². The molecule has 2 aliphatic heterocycles. The summed E-state index contributed by atoms with van der Waals surface area (Å²) < 4.78 is 85.3. The number of hydrogen-bond donors (Lipinski definition) is 0. The molecule has 7 rings (SSSR count). The van der Waals surface area contributed by atoms with Gasteiger partial charge >= 0.3 is 6.36 Å². The molecule has 4 heterocycles. The molecule has 0 N–H and O–H groups in total. The van der Waals surface area contributed by atoms with Crippen LogP contribution < -0.4 is 4.74 Å². The van der Waals surface area contributed by atoms with Gasteiger partial charge in [0.15, 0.2) is 22.4 Å². The Balaban J connectivity index is 1.20. The van der Waals surface area contributed by atoms with Crippen LogP contribution in [0.2, 0.25) is 0 Å². The predicted octanol–water partition coefficient (Wildman–Crippen LogP) is 6.20. The largest absolute Gasteiger partial charge is 0.573 e. The summed E-state index contributed by atoms with van der Waals surface area (Å²) in [6.45, 7) is 3.55. The molecule has 1 spiro atoms. The number of halogens is 4. The van der Waals surface area contributed by atoms with Gasteiger partial charge < -0.3 is 19.1 Å². The van der Waals surface area contributed by atoms with E-state index >= 15 is 4.39 Å². The second-order valence-corrected chi connectivity index (χ2v) is 13.3. The summed E-state index contributed by atoms with van der Waals surface area (Å²) in [7, 11) is -1.67. The van der Waals surface area contributed by atoms with E-state index in [-0.39, 0.29) is 17.4 Å². The number of nitrogens with zero attached hydrogens (tertiary/aromatic N) is 3. The van der Waals surface area contributed by atoms with E-state index in [0.717, 1.165) is 29.0 Å². The third-order valence-electron chi connectivity index (χ3n) is 9.06. The molecule has 2 aromatic heterocycles. The third kappa shape index (κ3) is 5.69. The maximum atomic E-state index is 15.9. The molecule has 1 aliphatic carbocycles. The normalized spacial score (nSPS) is 19.0. The summed E-state index contributed by atoms with van der Waals surface area (Å²) in [6, 6.07) is 12.2. The number of benzene rings is 2. The van der Waals surface area contributed by atoms with E-state index in [2.05, 4.69) is 9.72 Å². The predicted molar refractivity (Wildman–Crippen MR) is 160 cm³/mol. The first kappa shape index (κ1) is 30.8. The molecule has 2 aromatic carbocycles. The fourth-order valence-electron chi connectivity index (χ4n) is 6.88. The molecular formula is C33H31F4N3O5S. The summed E-state index contributed by atoms with van der Waals surface area (Å²) in [5, 5.41) is 0.660. The van der Waals surface area contributed by atoms with Crippen molar-refractivity contribution in [2.45, 2.75) is 62.0 Å². The molecular weight excluding hydrogens is 626 g/mol. The zero-order valence-electron chi connectivity index (χ0n) is 24.9. The van der Waals surface area contributed by atoms with Crippen LogP contribution >= 0.6 is 0 Å². The van der Waals surface area contributed by atoms with Crippen molar-refractivity contribution in [2.75, 3.05) is 26.3 Å². The highest BCUT2D eigenvalue weighted by molar-refractivity contribution is 7.83. The van der Waals surface area contributed by atoms with Crippen molar-refractivity contribution in [1.82, 2.24) is 13.9 Å². The number of amides is 1. The minimum Gasteiger partial charge on any atom is -0.406 e. The molecule has 3 aliphatic rings. The average Bonchev–Trinajstić information content (AvgIpc) is 3.62. The SMILES string of the molecule is Cc1ccc(S(=O)n2c3c(c4c(C5CCN(C(=O)c6ccc(OC(F)(F)F)cc6)CC5)c(F)cnc42)CCC2(C3)OCCO2)cc1. The van der Waals surface area contributed by atoms with Crippen LogP contribution in [-0.2, 0) is 33.3 Å². The second-order valence-electron chi connectivity index (χ2n) is 11.9. The molecule has 0 radical (unpaired) electrons. The number of likely N-dealkylation sites (tertiary alicyclic amines) is 1. The Labute approximate surface area is 264 Å². The smallest absolute Gasteiger partial charge is 0.406 e. The lowest BCUT2D eigenvalue weighted by molar-refractivity contribution is -0.274. The lowest BCUT2D eigenvalue weighted by Crippen LogP contribution is -2.38. The lowest BCUT2D eigenvalue weighted by atomic mass is 9.84. The average molecular weight is 658 g/mol. The summed E-state index contributed by atoms with van der Waals surface area (Å²) in [4.78, 5) is 19.9. The number of aryl methyl sites for hydroxylation is 2. The molecule has 2 saturated heterocycles. The van der Waals surface area contributed by atoms with Gasteiger partial charge in [0.05, 0.1) is 24.3 Å². The number of piperidine rings is 1. The van der Waals surface area contributed by atoms with Crippen LogP contribution in [0.5, 0.6) is 5.75 Å². The number of aromatic nitrogens is 2. The van der Waals surface area contributed by atoms with Crippen LogP contribution in [0, 0.1) is 12.7 Å². The van der Waals surface area contributed by atoms with Crippen LogP contribution in [0.3, 0.4) is 0 Å². The minimum atomic E-state index is -4.82. The van der Waals surface area contributed by atoms with Crippen molar-refractivity contribution >= 4 is 27.9 Å². The number of fused-ring (bicyclic) bond motifs is 3. The molecule has 13 heteroatoms. The Morgan fingerprint density at radius 1 is 1.04 bits per heavy atom. The number of rotatable bonds is 5. The van der Waals surface area contributed by atoms with Crippen molar-refractivity contribution in [3.63, 3.8) is 0 Å². The van der Waals surface area contributed by atoms with Gasteiger partial charge in [0, 0.05) is 48.1 Å². The summed E-state index contributed by atoms with van der Waals surface area (Å²) in [5.41, 5.74) is 3.86. The minimum absolute atomic E-state index is 0.236. The van der Waals surface area contributed by atoms with Crippen molar-refractivity contribution in [3.8, 4) is 5.75 Å². The van der Waals surface area contributed by atoms with E-state index in [0.29, 0.717) is 79.9 Å². The van der Waals surface area contributed by atoms with Crippen LogP contribution in [0.4, 0.5) is 17.6 Å². The van der Waals surface area contributed by atoms with Crippen molar-refractivity contribution < 1.29 is 40.8 Å². The highest BCUT2D eigenvalue weighted by atomic mass is 32.2. The second kappa shape index (κ2) is 11.8. The molecule has 0 bridgehead atoms. The first-order valence-corrected chi connectivity index (χ1v) is 16.2. The standard InChI is InChI=1S/C33H31F4N3O5S/c1-20-2-8-24(9-3-20)46(42)40-27-18-32(43-16-17-44-32)13-10-25(27)29-28(26(34)19-38-30(29)40)21-11-14-39(15-12-21)31(41)22-4-6-23(7-5-22)45-33(35,36)37/h2-9,19,21H,10-18H2,1H3. The molecule has 8 nitrogen and oxygen atoms in total. The lowest BCUT2D eigenvalue weighted by Gasteiger charge is -2.33. The molecule has 1 amide bonds. The monoisotopic (exact) mass is 657 g/mol. The number of carbonyl (C=O) groups is 1. The van der Waals surface area contributed by atoms with Crippen molar-refractivity contribution in [3.05, 3.63) is 88.5 Å². The molecule has 1 unspecified atom stereocenters.